The lowest BCUT2D eigenvalue weighted by molar-refractivity contribution is 0.0305. The summed E-state index contributed by atoms with van der Waals surface area (Å²) in [6.45, 7) is 5.97. The summed E-state index contributed by atoms with van der Waals surface area (Å²) in [7, 11) is 0. The van der Waals surface area contributed by atoms with E-state index in [0.717, 1.165) is 30.2 Å². The van der Waals surface area contributed by atoms with Crippen LogP contribution in [0.2, 0.25) is 0 Å². The number of anilines is 2. The van der Waals surface area contributed by atoms with Crippen LogP contribution in [0.3, 0.4) is 0 Å². The molecular weight excluding hydrogens is 240 g/mol. The summed E-state index contributed by atoms with van der Waals surface area (Å²) in [6, 6.07) is 6.00. The van der Waals surface area contributed by atoms with Crippen LogP contribution in [0.4, 0.5) is 11.4 Å². The Hall–Kier alpha value is -1.42. The van der Waals surface area contributed by atoms with Crippen molar-refractivity contribution in [2.24, 2.45) is 0 Å². The average molecular weight is 262 g/mol. The van der Waals surface area contributed by atoms with Crippen LogP contribution in [0.1, 0.15) is 26.7 Å². The maximum Gasteiger partial charge on any atom is 0.123 e. The fourth-order valence-electron chi connectivity index (χ4n) is 2.95. The lowest BCUT2D eigenvalue weighted by atomic mass is 10.2. The van der Waals surface area contributed by atoms with Gasteiger partial charge in [0, 0.05) is 36.6 Å². The highest BCUT2D eigenvalue weighted by atomic mass is 16.5. The number of benzene rings is 1. The highest BCUT2D eigenvalue weighted by Gasteiger charge is 2.33. The van der Waals surface area contributed by atoms with E-state index in [1.165, 1.54) is 12.8 Å². The van der Waals surface area contributed by atoms with Crippen LogP contribution in [0.5, 0.6) is 5.75 Å². The number of nitrogens with zero attached hydrogens (tertiary/aromatic N) is 1. The molecule has 0 spiro atoms. The summed E-state index contributed by atoms with van der Waals surface area (Å²) in [5.74, 6) is 0.851. The molecule has 2 N–H and O–H groups in total. The van der Waals surface area contributed by atoms with Crippen molar-refractivity contribution in [1.29, 1.82) is 0 Å². The van der Waals surface area contributed by atoms with Crippen LogP contribution in [0, 0.1) is 0 Å². The van der Waals surface area contributed by atoms with Gasteiger partial charge in [-0.05, 0) is 32.8 Å². The molecule has 104 valence electrons. The van der Waals surface area contributed by atoms with E-state index in [0.29, 0.717) is 12.2 Å². The van der Waals surface area contributed by atoms with Gasteiger partial charge < -0.3 is 20.1 Å². The second-order valence-electron chi connectivity index (χ2n) is 5.79. The molecule has 2 bridgehead atoms. The van der Waals surface area contributed by atoms with E-state index in [9.17, 15) is 0 Å². The summed E-state index contributed by atoms with van der Waals surface area (Å²) >= 11 is 0. The second kappa shape index (κ2) is 4.93. The van der Waals surface area contributed by atoms with Crippen molar-refractivity contribution >= 4 is 11.4 Å². The van der Waals surface area contributed by atoms with Gasteiger partial charge in [0.2, 0.25) is 0 Å². The number of nitrogens with two attached hydrogens (primary N) is 1. The average Bonchev–Trinajstić information content (AvgIpc) is 2.66. The normalized spacial score (nSPS) is 25.9. The van der Waals surface area contributed by atoms with E-state index in [-0.39, 0.29) is 6.10 Å². The fourth-order valence-corrected chi connectivity index (χ4v) is 2.95. The number of hydrogen-bond donors (Lipinski definition) is 1. The van der Waals surface area contributed by atoms with Crippen LogP contribution >= 0.6 is 0 Å². The minimum atomic E-state index is 0.163. The Morgan fingerprint density at radius 3 is 2.53 bits per heavy atom. The SMILES string of the molecule is CC(C)Oc1cc(N)cc(N2CC3CCC(C2)O3)c1. The number of hydrogen-bond acceptors (Lipinski definition) is 4. The van der Waals surface area contributed by atoms with Crippen molar-refractivity contribution in [3.63, 3.8) is 0 Å². The van der Waals surface area contributed by atoms with Crippen molar-refractivity contribution in [3.05, 3.63) is 18.2 Å². The van der Waals surface area contributed by atoms with E-state index in [1.54, 1.807) is 0 Å². The Morgan fingerprint density at radius 2 is 1.89 bits per heavy atom. The summed E-state index contributed by atoms with van der Waals surface area (Å²) in [4.78, 5) is 2.37. The molecule has 19 heavy (non-hydrogen) atoms. The molecular formula is C15H22N2O2. The zero-order chi connectivity index (χ0) is 13.4. The molecule has 2 heterocycles. The predicted octanol–water partition coefficient (Wildman–Crippen LogP) is 2.42. The van der Waals surface area contributed by atoms with Gasteiger partial charge in [-0.25, -0.2) is 0 Å². The molecule has 4 nitrogen and oxygen atoms in total. The van der Waals surface area contributed by atoms with Gasteiger partial charge in [0.05, 0.1) is 18.3 Å². The molecule has 3 rings (SSSR count). The van der Waals surface area contributed by atoms with Gasteiger partial charge in [-0.15, -0.1) is 0 Å². The molecule has 0 aliphatic carbocycles. The fraction of sp³-hybridized carbons (Fsp3) is 0.600. The summed E-state index contributed by atoms with van der Waals surface area (Å²) in [6.07, 6.45) is 3.29. The number of fused-ring (bicyclic) bond motifs is 2. The lowest BCUT2D eigenvalue weighted by Crippen LogP contribution is -2.42. The number of morpholine rings is 1. The second-order valence-corrected chi connectivity index (χ2v) is 5.79. The van der Waals surface area contributed by atoms with Crippen molar-refractivity contribution in [2.45, 2.75) is 45.0 Å². The maximum atomic E-state index is 5.99. The van der Waals surface area contributed by atoms with Crippen molar-refractivity contribution in [2.75, 3.05) is 23.7 Å². The van der Waals surface area contributed by atoms with E-state index in [4.69, 9.17) is 15.2 Å². The molecule has 0 aromatic heterocycles. The van der Waals surface area contributed by atoms with Crippen LogP contribution in [-0.4, -0.2) is 31.4 Å². The Bertz CT molecular complexity index is 449. The third kappa shape index (κ3) is 2.78. The van der Waals surface area contributed by atoms with Gasteiger partial charge >= 0.3 is 0 Å². The molecule has 0 saturated carbocycles. The molecule has 2 aliphatic rings. The minimum absolute atomic E-state index is 0.163. The van der Waals surface area contributed by atoms with Crippen molar-refractivity contribution in [3.8, 4) is 5.75 Å². The van der Waals surface area contributed by atoms with E-state index in [2.05, 4.69) is 11.0 Å². The number of ether oxygens (including phenoxy) is 2. The topological polar surface area (TPSA) is 47.7 Å². The first-order chi connectivity index (χ1) is 9.10. The zero-order valence-electron chi connectivity index (χ0n) is 11.6. The molecule has 2 unspecified atom stereocenters. The summed E-state index contributed by atoms with van der Waals surface area (Å²) < 4.78 is 11.6. The van der Waals surface area contributed by atoms with E-state index >= 15 is 0 Å². The third-order valence-corrected chi connectivity index (χ3v) is 3.69. The number of rotatable bonds is 3. The molecule has 2 atom stereocenters. The highest BCUT2D eigenvalue weighted by molar-refractivity contribution is 5.61. The van der Waals surface area contributed by atoms with Crippen LogP contribution < -0.4 is 15.4 Å². The van der Waals surface area contributed by atoms with Gasteiger partial charge in [-0.2, -0.15) is 0 Å². The molecule has 0 amide bonds. The molecule has 2 fully saturated rings. The van der Waals surface area contributed by atoms with Gasteiger partial charge in [-0.1, -0.05) is 0 Å². The minimum Gasteiger partial charge on any atom is -0.491 e. The number of nitrogen functional groups attached to an aromatic ring is 1. The van der Waals surface area contributed by atoms with Gasteiger partial charge in [0.15, 0.2) is 0 Å². The smallest absolute Gasteiger partial charge is 0.123 e. The van der Waals surface area contributed by atoms with Crippen molar-refractivity contribution in [1.82, 2.24) is 0 Å². The molecule has 2 aliphatic heterocycles. The lowest BCUT2D eigenvalue weighted by Gasteiger charge is -2.34. The standard InChI is InChI=1S/C15H22N2O2/c1-10(2)18-15-6-11(16)5-12(7-15)17-8-13-3-4-14(9-17)19-13/h5-7,10,13-14H,3-4,8-9,16H2,1-2H3. The molecule has 1 aromatic carbocycles. The highest BCUT2D eigenvalue weighted by Crippen LogP contribution is 2.32. The quantitative estimate of drug-likeness (QED) is 0.850. The molecule has 1 aromatic rings. The van der Waals surface area contributed by atoms with Crippen LogP contribution in [-0.2, 0) is 4.74 Å². The van der Waals surface area contributed by atoms with Gasteiger partial charge in [0.25, 0.3) is 0 Å². The Labute approximate surface area is 114 Å². The third-order valence-electron chi connectivity index (χ3n) is 3.69. The zero-order valence-corrected chi connectivity index (χ0v) is 11.6. The van der Waals surface area contributed by atoms with Crippen LogP contribution in [0.25, 0.3) is 0 Å². The Balaban J connectivity index is 1.81. The van der Waals surface area contributed by atoms with Crippen molar-refractivity contribution < 1.29 is 9.47 Å². The predicted molar refractivity (Wildman–Crippen MR) is 76.7 cm³/mol. The van der Waals surface area contributed by atoms with Gasteiger partial charge in [-0.3, -0.25) is 0 Å². The Kier molecular flexibility index (Phi) is 3.27. The largest absolute Gasteiger partial charge is 0.491 e. The van der Waals surface area contributed by atoms with E-state index < -0.39 is 0 Å². The summed E-state index contributed by atoms with van der Waals surface area (Å²) in [5, 5.41) is 0. The molecule has 4 heteroatoms. The van der Waals surface area contributed by atoms with E-state index in [1.807, 2.05) is 26.0 Å². The Morgan fingerprint density at radius 1 is 1.21 bits per heavy atom. The molecule has 2 saturated heterocycles. The van der Waals surface area contributed by atoms with Gasteiger partial charge in [0.1, 0.15) is 5.75 Å². The maximum absolute atomic E-state index is 5.99. The van der Waals surface area contributed by atoms with Crippen LogP contribution in [0.15, 0.2) is 18.2 Å². The molecule has 0 radical (unpaired) electrons. The summed E-state index contributed by atoms with van der Waals surface area (Å²) in [5.41, 5.74) is 7.89. The first-order valence-electron chi connectivity index (χ1n) is 7.08. The monoisotopic (exact) mass is 262 g/mol. The first-order valence-corrected chi connectivity index (χ1v) is 7.08. The first kappa shape index (κ1) is 12.6.